The van der Waals surface area contributed by atoms with E-state index in [4.69, 9.17) is 9.15 Å². The van der Waals surface area contributed by atoms with E-state index >= 15 is 0 Å². The van der Waals surface area contributed by atoms with Gasteiger partial charge in [-0.1, -0.05) is 30.0 Å². The van der Waals surface area contributed by atoms with E-state index in [9.17, 15) is 9.59 Å². The largest absolute Gasteiger partial charge is 0.495 e. The van der Waals surface area contributed by atoms with E-state index in [0.717, 1.165) is 11.4 Å². The first-order valence-corrected chi connectivity index (χ1v) is 13.4. The summed E-state index contributed by atoms with van der Waals surface area (Å²) in [7, 11) is 1.67. The van der Waals surface area contributed by atoms with Crippen LogP contribution in [0.2, 0.25) is 0 Å². The minimum absolute atomic E-state index is 0.0776. The third-order valence-electron chi connectivity index (χ3n) is 6.07. The number of para-hydroxylation sites is 2. The highest BCUT2D eigenvalue weighted by Gasteiger charge is 2.25. The van der Waals surface area contributed by atoms with E-state index in [2.05, 4.69) is 16.5 Å². The van der Waals surface area contributed by atoms with Crippen LogP contribution in [0.1, 0.15) is 16.3 Å². The van der Waals surface area contributed by atoms with Crippen molar-refractivity contribution in [1.82, 2.24) is 14.5 Å². The molecule has 0 bridgehead atoms. The van der Waals surface area contributed by atoms with Gasteiger partial charge in [-0.05, 0) is 35.7 Å². The molecule has 0 N–H and O–H groups in total. The molecule has 1 aliphatic rings. The average Bonchev–Trinajstić information content (AvgIpc) is 3.59. The topological polar surface area (TPSA) is 80.8 Å². The van der Waals surface area contributed by atoms with Crippen molar-refractivity contribution in [2.75, 3.05) is 38.2 Å². The van der Waals surface area contributed by atoms with Crippen molar-refractivity contribution < 1.29 is 13.9 Å². The van der Waals surface area contributed by atoms with E-state index in [1.807, 2.05) is 40.6 Å². The minimum atomic E-state index is -0.118. The predicted molar refractivity (Wildman–Crippen MR) is 143 cm³/mol. The number of nitrogens with zero attached hydrogens (tertiary/aromatic N) is 4. The molecule has 1 aliphatic heterocycles. The number of piperazine rings is 1. The maximum absolute atomic E-state index is 13.1. The third-order valence-corrected chi connectivity index (χ3v) is 7.87. The highest BCUT2D eigenvalue weighted by atomic mass is 32.2. The lowest BCUT2D eigenvalue weighted by Gasteiger charge is -2.36. The maximum atomic E-state index is 13.1. The zero-order valence-electron chi connectivity index (χ0n) is 19.9. The second kappa shape index (κ2) is 10.6. The van der Waals surface area contributed by atoms with Crippen LogP contribution in [0.3, 0.4) is 0 Å². The Balaban J connectivity index is 1.23. The van der Waals surface area contributed by atoms with Crippen LogP contribution >= 0.6 is 23.1 Å². The van der Waals surface area contributed by atoms with Crippen molar-refractivity contribution in [2.24, 2.45) is 0 Å². The number of hydrogen-bond acceptors (Lipinski definition) is 8. The molecule has 0 radical (unpaired) electrons. The molecule has 36 heavy (non-hydrogen) atoms. The molecule has 0 spiro atoms. The van der Waals surface area contributed by atoms with Crippen LogP contribution in [0.25, 0.3) is 10.2 Å². The number of fused-ring (bicyclic) bond motifs is 1. The number of ether oxygens (including phenoxy) is 1. The standard InChI is InChI=1S/C26H26N4O4S2/c1-3-11-30-24(31)19-10-16-35-23(19)27-26(30)36-17-18-8-9-22(34-18)25(32)29-14-12-28(13-15-29)20-6-4-5-7-21(20)33-2/h3-10,16H,1,11-15,17H2,2H3. The van der Waals surface area contributed by atoms with Gasteiger partial charge in [-0.25, -0.2) is 4.98 Å². The van der Waals surface area contributed by atoms with Crippen molar-refractivity contribution in [3.8, 4) is 5.75 Å². The van der Waals surface area contributed by atoms with E-state index in [1.165, 1.54) is 23.1 Å². The summed E-state index contributed by atoms with van der Waals surface area (Å²) in [6.45, 7) is 6.76. The molecule has 4 aromatic rings. The Hall–Kier alpha value is -3.50. The Morgan fingerprint density at radius 1 is 1.19 bits per heavy atom. The fraction of sp³-hybridized carbons (Fsp3) is 0.269. The number of thioether (sulfide) groups is 1. The summed E-state index contributed by atoms with van der Waals surface area (Å²) in [5, 5.41) is 3.08. The molecular formula is C26H26N4O4S2. The number of anilines is 1. The Labute approximate surface area is 216 Å². The van der Waals surface area contributed by atoms with Crippen molar-refractivity contribution in [3.63, 3.8) is 0 Å². The summed E-state index contributed by atoms with van der Waals surface area (Å²) in [6.07, 6.45) is 1.68. The number of methoxy groups -OCH3 is 1. The summed E-state index contributed by atoms with van der Waals surface area (Å²) in [5.41, 5.74) is 0.958. The molecule has 5 rings (SSSR count). The van der Waals surface area contributed by atoms with Gasteiger partial charge in [0.15, 0.2) is 10.9 Å². The summed E-state index contributed by atoms with van der Waals surface area (Å²) in [6, 6.07) is 13.2. The van der Waals surface area contributed by atoms with Crippen LogP contribution in [0.15, 0.2) is 74.9 Å². The number of hydrogen-bond donors (Lipinski definition) is 0. The smallest absolute Gasteiger partial charge is 0.289 e. The van der Waals surface area contributed by atoms with Crippen molar-refractivity contribution in [3.05, 3.63) is 82.4 Å². The van der Waals surface area contributed by atoms with Crippen molar-refractivity contribution >= 4 is 44.9 Å². The van der Waals surface area contributed by atoms with E-state index in [0.29, 0.717) is 65.4 Å². The highest BCUT2D eigenvalue weighted by molar-refractivity contribution is 7.98. The van der Waals surface area contributed by atoms with Gasteiger partial charge in [-0.2, -0.15) is 0 Å². The SMILES string of the molecule is C=CCn1c(SCc2ccc(C(=O)N3CCN(c4ccccc4OC)CC3)o2)nc2sccc2c1=O. The minimum Gasteiger partial charge on any atom is -0.495 e. The van der Waals surface area contributed by atoms with Crippen LogP contribution in [-0.2, 0) is 12.3 Å². The lowest BCUT2D eigenvalue weighted by molar-refractivity contribution is 0.0713. The normalized spacial score (nSPS) is 13.8. The van der Waals surface area contributed by atoms with Gasteiger partial charge in [0.2, 0.25) is 0 Å². The number of thiophene rings is 1. The molecule has 0 aliphatic carbocycles. The molecule has 1 aromatic carbocycles. The molecule has 1 saturated heterocycles. The van der Waals surface area contributed by atoms with Gasteiger partial charge in [0.05, 0.1) is 23.9 Å². The zero-order chi connectivity index (χ0) is 25.1. The van der Waals surface area contributed by atoms with E-state index in [-0.39, 0.29) is 11.5 Å². The third kappa shape index (κ3) is 4.78. The van der Waals surface area contributed by atoms with Gasteiger partial charge in [0.1, 0.15) is 16.3 Å². The van der Waals surface area contributed by atoms with Crippen molar-refractivity contribution in [2.45, 2.75) is 17.5 Å². The maximum Gasteiger partial charge on any atom is 0.289 e. The molecule has 0 saturated carbocycles. The number of aromatic nitrogens is 2. The molecule has 8 nitrogen and oxygen atoms in total. The molecule has 186 valence electrons. The summed E-state index contributed by atoms with van der Waals surface area (Å²) in [5.74, 6) is 2.14. The second-order valence-electron chi connectivity index (χ2n) is 8.24. The summed E-state index contributed by atoms with van der Waals surface area (Å²) < 4.78 is 13.0. The second-order valence-corrected chi connectivity index (χ2v) is 10.1. The molecule has 10 heteroatoms. The number of allylic oxidation sites excluding steroid dienone is 1. The fourth-order valence-corrected chi connectivity index (χ4v) is 5.94. The monoisotopic (exact) mass is 522 g/mol. The van der Waals surface area contributed by atoms with Gasteiger partial charge in [0.25, 0.3) is 11.5 Å². The first kappa shape index (κ1) is 24.2. The van der Waals surface area contributed by atoms with Crippen LogP contribution in [0.5, 0.6) is 5.75 Å². The van der Waals surface area contributed by atoms with Gasteiger partial charge < -0.3 is 19.0 Å². The van der Waals surface area contributed by atoms with E-state index < -0.39 is 0 Å². The molecule has 3 aromatic heterocycles. The fourth-order valence-electron chi connectivity index (χ4n) is 4.23. The van der Waals surface area contributed by atoms with Crippen molar-refractivity contribution in [1.29, 1.82) is 0 Å². The summed E-state index contributed by atoms with van der Waals surface area (Å²) in [4.78, 5) is 35.3. The molecule has 1 fully saturated rings. The molecule has 1 amide bonds. The highest BCUT2D eigenvalue weighted by Crippen LogP contribution is 2.29. The average molecular weight is 523 g/mol. The van der Waals surface area contributed by atoms with Crippen LogP contribution in [0.4, 0.5) is 5.69 Å². The number of amides is 1. The first-order chi connectivity index (χ1) is 17.6. The molecule has 0 unspecified atom stereocenters. The Bertz CT molecular complexity index is 1450. The summed E-state index contributed by atoms with van der Waals surface area (Å²) >= 11 is 2.85. The quantitative estimate of drug-likeness (QED) is 0.191. The number of furan rings is 1. The first-order valence-electron chi connectivity index (χ1n) is 11.6. The number of carbonyl (C=O) groups is 1. The van der Waals surface area contributed by atoms with Crippen LogP contribution in [-0.4, -0.2) is 53.6 Å². The lowest BCUT2D eigenvalue weighted by Crippen LogP contribution is -2.48. The number of carbonyl (C=O) groups excluding carboxylic acids is 1. The van der Waals surface area contributed by atoms with Gasteiger partial charge in [-0.3, -0.25) is 14.2 Å². The van der Waals surface area contributed by atoms with Gasteiger partial charge >= 0.3 is 0 Å². The lowest BCUT2D eigenvalue weighted by atomic mass is 10.2. The number of rotatable bonds is 8. The van der Waals surface area contributed by atoms with Crippen LogP contribution < -0.4 is 15.2 Å². The Kier molecular flexibility index (Phi) is 7.15. The Morgan fingerprint density at radius 2 is 2.00 bits per heavy atom. The molecular weight excluding hydrogens is 496 g/mol. The number of benzene rings is 1. The van der Waals surface area contributed by atoms with Gasteiger partial charge in [0, 0.05) is 32.7 Å². The Morgan fingerprint density at radius 3 is 2.78 bits per heavy atom. The van der Waals surface area contributed by atoms with Gasteiger partial charge in [-0.15, -0.1) is 17.9 Å². The predicted octanol–water partition coefficient (Wildman–Crippen LogP) is 4.50. The van der Waals surface area contributed by atoms with Crippen LogP contribution in [0, 0.1) is 0 Å². The molecule has 0 atom stereocenters. The molecule has 4 heterocycles. The van der Waals surface area contributed by atoms with E-state index in [1.54, 1.807) is 29.9 Å². The zero-order valence-corrected chi connectivity index (χ0v) is 21.5.